The molecule has 22 heavy (non-hydrogen) atoms. The summed E-state index contributed by atoms with van der Waals surface area (Å²) in [4.78, 5) is 0. The van der Waals surface area contributed by atoms with Crippen LogP contribution in [-0.4, -0.2) is 20.2 Å². The highest BCUT2D eigenvalue weighted by atomic mass is 35.5. The van der Waals surface area contributed by atoms with E-state index in [2.05, 4.69) is 20.8 Å². The number of hydrogen-bond acceptors (Lipinski definition) is 4. The second-order valence-electron chi connectivity index (χ2n) is 5.18. The van der Waals surface area contributed by atoms with Crippen molar-refractivity contribution in [3.05, 3.63) is 58.1 Å². The number of tetrazole rings is 1. The van der Waals surface area contributed by atoms with E-state index in [1.807, 2.05) is 39.0 Å². The molecule has 1 N–H and O–H groups in total. The molecular weight excluding hydrogens is 298 g/mol. The van der Waals surface area contributed by atoms with E-state index >= 15 is 0 Å². The van der Waals surface area contributed by atoms with Crippen LogP contribution in [0.4, 0.5) is 11.6 Å². The third kappa shape index (κ3) is 2.67. The molecule has 0 saturated carbocycles. The summed E-state index contributed by atoms with van der Waals surface area (Å²) in [6.07, 6.45) is 0. The normalized spacial score (nSPS) is 11.4. The van der Waals surface area contributed by atoms with E-state index < -0.39 is 0 Å². The van der Waals surface area contributed by atoms with Gasteiger partial charge in [0.1, 0.15) is 0 Å². The first-order chi connectivity index (χ1) is 11.0. The standard InChI is InChI=1S/C16H16ClN5/c1-10-7-8-14(13(17)9-10)18-16-19-20-21-22(16)15-11(2)5-4-6-12(15)3/h4-9H,1-3H3,(H,18,19,21)/i8D. The molecule has 3 rings (SSSR count). The van der Waals surface area contributed by atoms with Crippen molar-refractivity contribution in [1.29, 1.82) is 0 Å². The number of aromatic nitrogens is 4. The Hall–Kier alpha value is -2.40. The SMILES string of the molecule is [2H]c1cc(C)cc(Cl)c1Nc1nnnn1-c1c(C)cccc1C. The molecule has 0 radical (unpaired) electrons. The van der Waals surface area contributed by atoms with Crippen molar-refractivity contribution in [3.8, 4) is 5.69 Å². The first kappa shape index (κ1) is 13.3. The van der Waals surface area contributed by atoms with E-state index in [1.54, 1.807) is 16.8 Å². The highest BCUT2D eigenvalue weighted by molar-refractivity contribution is 6.33. The molecule has 0 amide bonds. The van der Waals surface area contributed by atoms with Gasteiger partial charge in [-0.05, 0) is 60.0 Å². The fourth-order valence-electron chi connectivity index (χ4n) is 2.33. The lowest BCUT2D eigenvalue weighted by Crippen LogP contribution is -2.07. The van der Waals surface area contributed by atoms with Gasteiger partial charge in [-0.2, -0.15) is 4.68 Å². The van der Waals surface area contributed by atoms with E-state index in [1.165, 1.54) is 0 Å². The van der Waals surface area contributed by atoms with E-state index in [0.29, 0.717) is 22.7 Å². The lowest BCUT2D eigenvalue weighted by Gasteiger charge is -2.12. The zero-order chi connectivity index (χ0) is 16.6. The summed E-state index contributed by atoms with van der Waals surface area (Å²) >= 11 is 6.25. The average Bonchev–Trinajstić information content (AvgIpc) is 2.90. The van der Waals surface area contributed by atoms with E-state index in [0.717, 1.165) is 22.4 Å². The first-order valence-corrected chi connectivity index (χ1v) is 7.24. The molecule has 0 aliphatic rings. The highest BCUT2D eigenvalue weighted by Crippen LogP contribution is 2.27. The van der Waals surface area contributed by atoms with Gasteiger partial charge in [-0.3, -0.25) is 0 Å². The summed E-state index contributed by atoms with van der Waals surface area (Å²) in [6, 6.07) is 9.83. The van der Waals surface area contributed by atoms with Crippen molar-refractivity contribution in [2.75, 3.05) is 5.32 Å². The van der Waals surface area contributed by atoms with Crippen LogP contribution in [0.5, 0.6) is 0 Å². The summed E-state index contributed by atoms with van der Waals surface area (Å²) in [7, 11) is 0. The molecule has 112 valence electrons. The Bertz CT molecular complexity index is 831. The van der Waals surface area contributed by atoms with Crippen molar-refractivity contribution in [2.24, 2.45) is 0 Å². The lowest BCUT2D eigenvalue weighted by molar-refractivity contribution is 0.784. The minimum Gasteiger partial charge on any atom is -0.321 e. The van der Waals surface area contributed by atoms with Crippen LogP contribution in [0.15, 0.2) is 36.4 Å². The third-order valence-electron chi connectivity index (χ3n) is 3.40. The van der Waals surface area contributed by atoms with Gasteiger partial charge in [-0.15, -0.1) is 0 Å². The van der Waals surface area contributed by atoms with Crippen molar-refractivity contribution >= 4 is 23.2 Å². The number of anilines is 2. The zero-order valence-corrected chi connectivity index (χ0v) is 13.3. The summed E-state index contributed by atoms with van der Waals surface area (Å²) in [5.41, 5.74) is 4.44. The van der Waals surface area contributed by atoms with Crippen LogP contribution in [-0.2, 0) is 0 Å². The monoisotopic (exact) mass is 314 g/mol. The molecule has 3 aromatic rings. The molecule has 0 unspecified atom stereocenters. The maximum Gasteiger partial charge on any atom is 0.252 e. The molecule has 0 aliphatic carbocycles. The molecule has 0 aliphatic heterocycles. The Morgan fingerprint density at radius 2 is 1.91 bits per heavy atom. The summed E-state index contributed by atoms with van der Waals surface area (Å²) in [5, 5.41) is 15.4. The van der Waals surface area contributed by atoms with Gasteiger partial charge >= 0.3 is 0 Å². The third-order valence-corrected chi connectivity index (χ3v) is 3.69. The number of aryl methyl sites for hydroxylation is 3. The second kappa shape index (κ2) is 5.77. The summed E-state index contributed by atoms with van der Waals surface area (Å²) in [6.45, 7) is 5.90. The van der Waals surface area contributed by atoms with Crippen molar-refractivity contribution in [2.45, 2.75) is 20.8 Å². The topological polar surface area (TPSA) is 55.6 Å². The number of rotatable bonds is 3. The summed E-state index contributed by atoms with van der Waals surface area (Å²) < 4.78 is 9.71. The predicted octanol–water partition coefficient (Wildman–Crippen LogP) is 3.98. The number of benzene rings is 2. The molecule has 2 aromatic carbocycles. The number of para-hydroxylation sites is 1. The Labute approximate surface area is 135 Å². The molecule has 6 heteroatoms. The minimum atomic E-state index is 0.297. The van der Waals surface area contributed by atoms with Crippen LogP contribution in [0, 0.1) is 20.8 Å². The quantitative estimate of drug-likeness (QED) is 0.794. The molecule has 0 spiro atoms. The Kier molecular flexibility index (Phi) is 3.48. The number of halogens is 1. The maximum atomic E-state index is 8.09. The minimum absolute atomic E-state index is 0.297. The van der Waals surface area contributed by atoms with Gasteiger partial charge in [-0.25, -0.2) is 0 Å². The maximum absolute atomic E-state index is 8.09. The van der Waals surface area contributed by atoms with Crippen LogP contribution < -0.4 is 5.32 Å². The summed E-state index contributed by atoms with van der Waals surface area (Å²) in [5.74, 6) is 0.418. The van der Waals surface area contributed by atoms with Gasteiger partial charge < -0.3 is 5.32 Å². The largest absolute Gasteiger partial charge is 0.321 e. The Morgan fingerprint density at radius 3 is 2.59 bits per heavy atom. The van der Waals surface area contributed by atoms with Crippen molar-refractivity contribution < 1.29 is 1.37 Å². The molecule has 1 aromatic heterocycles. The van der Waals surface area contributed by atoms with Gasteiger partial charge in [0, 0.05) is 0 Å². The van der Waals surface area contributed by atoms with Crippen molar-refractivity contribution in [1.82, 2.24) is 20.2 Å². The smallest absolute Gasteiger partial charge is 0.252 e. The molecule has 0 atom stereocenters. The predicted molar refractivity (Wildman–Crippen MR) is 88.1 cm³/mol. The number of nitrogens with one attached hydrogen (secondary N) is 1. The molecule has 1 heterocycles. The first-order valence-electron chi connectivity index (χ1n) is 7.36. The molecule has 0 bridgehead atoms. The Morgan fingerprint density at radius 1 is 1.18 bits per heavy atom. The van der Waals surface area contributed by atoms with Gasteiger partial charge in [0.05, 0.1) is 17.8 Å². The van der Waals surface area contributed by atoms with Crippen LogP contribution >= 0.6 is 11.6 Å². The van der Waals surface area contributed by atoms with Crippen LogP contribution in [0.2, 0.25) is 5.02 Å². The van der Waals surface area contributed by atoms with Gasteiger partial charge in [-0.1, -0.05) is 41.0 Å². The second-order valence-corrected chi connectivity index (χ2v) is 5.59. The van der Waals surface area contributed by atoms with Gasteiger partial charge in [0.15, 0.2) is 0 Å². The van der Waals surface area contributed by atoms with Crippen LogP contribution in [0.1, 0.15) is 18.1 Å². The fourth-order valence-corrected chi connectivity index (χ4v) is 2.61. The van der Waals surface area contributed by atoms with Crippen LogP contribution in [0.3, 0.4) is 0 Å². The lowest BCUT2D eigenvalue weighted by atomic mass is 10.1. The molecule has 0 fully saturated rings. The molecule has 0 saturated heterocycles. The van der Waals surface area contributed by atoms with E-state index in [-0.39, 0.29) is 0 Å². The van der Waals surface area contributed by atoms with Crippen molar-refractivity contribution in [3.63, 3.8) is 0 Å². The molecule has 5 nitrogen and oxygen atoms in total. The molecular formula is C16H16ClN5. The number of nitrogens with zero attached hydrogens (tertiary/aromatic N) is 4. The van der Waals surface area contributed by atoms with E-state index in [9.17, 15) is 0 Å². The Balaban J connectivity index is 2.07. The van der Waals surface area contributed by atoms with E-state index in [4.69, 9.17) is 13.0 Å². The van der Waals surface area contributed by atoms with Crippen LogP contribution in [0.25, 0.3) is 5.69 Å². The average molecular weight is 315 g/mol. The van der Waals surface area contributed by atoms with Gasteiger partial charge in [0.25, 0.3) is 5.95 Å². The highest BCUT2D eigenvalue weighted by Gasteiger charge is 2.13. The fraction of sp³-hybridized carbons (Fsp3) is 0.188. The zero-order valence-electron chi connectivity index (χ0n) is 13.6. The number of hydrogen-bond donors (Lipinski definition) is 1. The van der Waals surface area contributed by atoms with Gasteiger partial charge in [0.2, 0.25) is 0 Å².